The number of esters is 1. The highest BCUT2D eigenvalue weighted by molar-refractivity contribution is 5.78. The number of ether oxygens (including phenoxy) is 1. The Bertz CT molecular complexity index is 638. The second kappa shape index (κ2) is 32.7. The van der Waals surface area contributed by atoms with Gasteiger partial charge in [0, 0.05) is 0 Å². The van der Waals surface area contributed by atoms with E-state index in [-0.39, 0.29) is 0 Å². The normalized spacial score (nSPS) is 12.2. The largest absolute Gasteiger partial charge is 0.465 e. The summed E-state index contributed by atoms with van der Waals surface area (Å²) >= 11 is 0. The van der Waals surface area contributed by atoms with Crippen LogP contribution in [0.15, 0.2) is 0 Å². The van der Waals surface area contributed by atoms with E-state index in [1.165, 1.54) is 186 Å². The van der Waals surface area contributed by atoms with Crippen molar-refractivity contribution in [1.29, 1.82) is 0 Å². The van der Waals surface area contributed by atoms with Gasteiger partial charge in [-0.3, -0.25) is 0 Å². The van der Waals surface area contributed by atoms with Crippen molar-refractivity contribution in [2.45, 2.75) is 237 Å². The molecular formula is C39H73F5O2. The molecule has 0 spiro atoms. The van der Waals surface area contributed by atoms with E-state index >= 15 is 0 Å². The van der Waals surface area contributed by atoms with Gasteiger partial charge in [0.05, 0.1) is 6.61 Å². The quantitative estimate of drug-likeness (QED) is 0.0377. The number of hydrogen-bond donors (Lipinski definition) is 0. The summed E-state index contributed by atoms with van der Waals surface area (Å²) in [7, 11) is 0. The van der Waals surface area contributed by atoms with Gasteiger partial charge in [0.25, 0.3) is 0 Å². The van der Waals surface area contributed by atoms with Crippen molar-refractivity contribution in [3.8, 4) is 0 Å². The summed E-state index contributed by atoms with van der Waals surface area (Å²) in [5.41, 5.74) is 0. The number of unbranched alkanes of at least 4 members (excludes halogenated alkanes) is 33. The molecule has 0 N–H and O–H groups in total. The van der Waals surface area contributed by atoms with E-state index in [1.54, 1.807) is 0 Å². The Labute approximate surface area is 281 Å². The minimum absolute atomic E-state index is 0.305. The van der Waals surface area contributed by atoms with Crippen LogP contribution in [0.1, 0.15) is 225 Å². The molecule has 0 rings (SSSR count). The van der Waals surface area contributed by atoms with Crippen LogP contribution in [0, 0.1) is 0 Å². The van der Waals surface area contributed by atoms with Crippen LogP contribution in [0.5, 0.6) is 0 Å². The van der Waals surface area contributed by atoms with Crippen molar-refractivity contribution in [3.63, 3.8) is 0 Å². The van der Waals surface area contributed by atoms with Gasteiger partial charge in [0.1, 0.15) is 0 Å². The number of rotatable bonds is 36. The fraction of sp³-hybridized carbons (Fsp3) is 0.974. The zero-order chi connectivity index (χ0) is 34.0. The summed E-state index contributed by atoms with van der Waals surface area (Å²) < 4.78 is 65.8. The Morgan fingerprint density at radius 2 is 0.565 bits per heavy atom. The number of carbonyl (C=O) groups is 1. The molecule has 0 heterocycles. The van der Waals surface area contributed by atoms with Crippen LogP contribution < -0.4 is 0 Å². The molecule has 0 fully saturated rings. The minimum atomic E-state index is -5.91. The Morgan fingerprint density at radius 3 is 0.761 bits per heavy atom. The molecule has 0 saturated heterocycles. The molecular weight excluding hydrogens is 595 g/mol. The van der Waals surface area contributed by atoms with Crippen molar-refractivity contribution in [3.05, 3.63) is 0 Å². The summed E-state index contributed by atoms with van der Waals surface area (Å²) in [4.78, 5) is 10.9. The van der Waals surface area contributed by atoms with Gasteiger partial charge >= 0.3 is 18.1 Å². The molecule has 0 aliphatic rings. The molecule has 0 bridgehead atoms. The number of carbonyl (C=O) groups excluding carboxylic acids is 1. The van der Waals surface area contributed by atoms with Gasteiger partial charge in [-0.1, -0.05) is 219 Å². The Balaban J connectivity index is 3.17. The lowest BCUT2D eigenvalue weighted by atomic mass is 10.0. The van der Waals surface area contributed by atoms with Crippen LogP contribution in [0.2, 0.25) is 0 Å². The van der Waals surface area contributed by atoms with Crippen molar-refractivity contribution in [2.24, 2.45) is 0 Å². The lowest BCUT2D eigenvalue weighted by Gasteiger charge is -2.17. The monoisotopic (exact) mass is 669 g/mol. The summed E-state index contributed by atoms with van der Waals surface area (Å²) in [6, 6.07) is 0. The predicted molar refractivity (Wildman–Crippen MR) is 185 cm³/mol. The Morgan fingerprint density at radius 1 is 0.370 bits per heavy atom. The third kappa shape index (κ3) is 29.3. The molecule has 0 amide bonds. The first-order valence-corrected chi connectivity index (χ1v) is 19.8. The Kier molecular flexibility index (Phi) is 32.0. The summed E-state index contributed by atoms with van der Waals surface area (Å²) in [6.45, 7) is 1.89. The smallest absolute Gasteiger partial charge is 0.461 e. The first-order valence-electron chi connectivity index (χ1n) is 19.8. The minimum Gasteiger partial charge on any atom is -0.461 e. The highest BCUT2D eigenvalue weighted by Crippen LogP contribution is 2.36. The molecule has 0 unspecified atom stereocenters. The fourth-order valence-electron chi connectivity index (χ4n) is 6.20. The van der Waals surface area contributed by atoms with Gasteiger partial charge in [0.15, 0.2) is 0 Å². The predicted octanol–water partition coefficient (Wildman–Crippen LogP) is 15.0. The van der Waals surface area contributed by atoms with Crippen LogP contribution in [-0.2, 0) is 9.53 Å². The van der Waals surface area contributed by atoms with Crippen molar-refractivity contribution in [2.75, 3.05) is 6.61 Å². The number of alkyl halides is 5. The standard InChI is InChI=1S/C39H73F5O2/c1-2-3-4-5-6-7-8-9-10-11-12-13-14-15-16-17-18-19-20-21-22-23-24-25-26-27-28-29-30-31-32-33-34-35-36-46-37(45)38(40,41)39(42,43)44/h2-36H2,1H3. The van der Waals surface area contributed by atoms with Gasteiger partial charge in [-0.15, -0.1) is 0 Å². The third-order valence-electron chi connectivity index (χ3n) is 9.34. The molecule has 276 valence electrons. The zero-order valence-corrected chi connectivity index (χ0v) is 30.0. The molecule has 0 atom stereocenters. The van der Waals surface area contributed by atoms with E-state index in [9.17, 15) is 26.7 Å². The van der Waals surface area contributed by atoms with Crippen molar-refractivity contribution in [1.82, 2.24) is 0 Å². The molecule has 46 heavy (non-hydrogen) atoms. The molecule has 0 saturated carbocycles. The summed E-state index contributed by atoms with van der Waals surface area (Å²) in [5, 5.41) is 0. The van der Waals surface area contributed by atoms with E-state index < -0.39 is 24.7 Å². The molecule has 0 aliphatic carbocycles. The maximum Gasteiger partial charge on any atom is 0.465 e. The zero-order valence-electron chi connectivity index (χ0n) is 30.0. The van der Waals surface area contributed by atoms with Crippen molar-refractivity contribution >= 4 is 5.97 Å². The fourth-order valence-corrected chi connectivity index (χ4v) is 6.20. The Hall–Kier alpha value is -0.880. The first kappa shape index (κ1) is 45.1. The summed E-state index contributed by atoms with van der Waals surface area (Å²) in [6.07, 6.45) is 38.5. The van der Waals surface area contributed by atoms with E-state index in [0.29, 0.717) is 12.8 Å². The van der Waals surface area contributed by atoms with Gasteiger partial charge in [-0.2, -0.15) is 22.0 Å². The molecule has 0 aromatic heterocycles. The summed E-state index contributed by atoms with van der Waals surface area (Å²) in [5.74, 6) is -7.94. The third-order valence-corrected chi connectivity index (χ3v) is 9.34. The van der Waals surface area contributed by atoms with E-state index in [0.717, 1.165) is 19.3 Å². The molecule has 0 radical (unpaired) electrons. The van der Waals surface area contributed by atoms with Crippen LogP contribution in [0.25, 0.3) is 0 Å². The first-order chi connectivity index (χ1) is 22.2. The van der Waals surface area contributed by atoms with Gasteiger partial charge in [-0.05, 0) is 6.42 Å². The maximum absolute atomic E-state index is 12.8. The highest BCUT2D eigenvalue weighted by atomic mass is 19.4. The lowest BCUT2D eigenvalue weighted by molar-refractivity contribution is -0.280. The molecule has 0 aliphatic heterocycles. The average Bonchev–Trinajstić information content (AvgIpc) is 3.02. The maximum atomic E-state index is 12.8. The molecule has 0 aromatic carbocycles. The van der Waals surface area contributed by atoms with E-state index in [2.05, 4.69) is 11.7 Å². The van der Waals surface area contributed by atoms with Crippen LogP contribution >= 0.6 is 0 Å². The number of hydrogen-bond acceptors (Lipinski definition) is 2. The second-order valence-electron chi connectivity index (χ2n) is 13.9. The van der Waals surface area contributed by atoms with Gasteiger partial charge in [-0.25, -0.2) is 4.79 Å². The highest BCUT2D eigenvalue weighted by Gasteiger charge is 2.64. The number of halogens is 5. The topological polar surface area (TPSA) is 26.3 Å². The average molecular weight is 669 g/mol. The van der Waals surface area contributed by atoms with Crippen LogP contribution in [0.4, 0.5) is 22.0 Å². The van der Waals surface area contributed by atoms with Crippen LogP contribution in [-0.4, -0.2) is 24.7 Å². The molecule has 0 aromatic rings. The van der Waals surface area contributed by atoms with Crippen LogP contribution in [0.3, 0.4) is 0 Å². The van der Waals surface area contributed by atoms with Gasteiger partial charge in [0.2, 0.25) is 0 Å². The second-order valence-corrected chi connectivity index (χ2v) is 13.9. The molecule has 2 nitrogen and oxygen atoms in total. The van der Waals surface area contributed by atoms with E-state index in [4.69, 9.17) is 0 Å². The van der Waals surface area contributed by atoms with Gasteiger partial charge < -0.3 is 4.74 Å². The van der Waals surface area contributed by atoms with E-state index in [1.807, 2.05) is 0 Å². The lowest BCUT2D eigenvalue weighted by Crippen LogP contribution is -2.45. The molecule has 7 heteroatoms. The van der Waals surface area contributed by atoms with Crippen molar-refractivity contribution < 1.29 is 31.5 Å². The SMILES string of the molecule is CCCCCCCCCCCCCCCCCCCCCCCCCCCCCCCCCCCCOC(=O)C(F)(F)C(F)(F)F.